The molecule has 0 heterocycles. The lowest BCUT2D eigenvalue weighted by Gasteiger charge is -2.25. The molecule has 1 N–H and O–H groups in total. The molecule has 0 bridgehead atoms. The number of anilines is 1. The molecule has 0 saturated carbocycles. The third kappa shape index (κ3) is 6.55. The van der Waals surface area contributed by atoms with E-state index in [1.165, 1.54) is 37.4 Å². The van der Waals surface area contributed by atoms with E-state index < -0.39 is 10.0 Å². The summed E-state index contributed by atoms with van der Waals surface area (Å²) in [4.78, 5) is 16.9. The van der Waals surface area contributed by atoms with Gasteiger partial charge in [0, 0.05) is 25.2 Å². The zero-order chi connectivity index (χ0) is 24.7. The van der Waals surface area contributed by atoms with Crippen LogP contribution in [0.15, 0.2) is 77.7 Å². The van der Waals surface area contributed by atoms with Crippen molar-refractivity contribution in [2.24, 2.45) is 0 Å². The molecule has 3 rings (SSSR count). The maximum absolute atomic E-state index is 13.4. The topological polar surface area (TPSA) is 78.9 Å². The van der Waals surface area contributed by atoms with Gasteiger partial charge in [-0.2, -0.15) is 0 Å². The first-order valence-electron chi connectivity index (χ1n) is 10.6. The van der Waals surface area contributed by atoms with Crippen molar-refractivity contribution in [1.82, 2.24) is 9.80 Å². The van der Waals surface area contributed by atoms with Crippen LogP contribution in [-0.2, 0) is 16.6 Å². The second-order valence-electron chi connectivity index (χ2n) is 7.99. The highest BCUT2D eigenvalue weighted by Crippen LogP contribution is 2.26. The lowest BCUT2D eigenvalue weighted by molar-refractivity contribution is 0.0731. The molecule has 1 amide bonds. The van der Waals surface area contributed by atoms with Gasteiger partial charge in [-0.15, -0.1) is 0 Å². The first-order chi connectivity index (χ1) is 16.2. The van der Waals surface area contributed by atoms with Gasteiger partial charge in [0.1, 0.15) is 11.6 Å². The fourth-order valence-electron chi connectivity index (χ4n) is 3.29. The normalized spacial score (nSPS) is 11.3. The van der Waals surface area contributed by atoms with E-state index in [4.69, 9.17) is 4.74 Å². The molecule has 3 aromatic carbocycles. The standard InChI is InChI=1S/C25H28FN3O4S/c1-28(2)15-16-29(18-19-11-13-21(26)14-12-19)25(30)20-7-6-8-22(17-20)34(31,32)27-23-9-4-5-10-24(23)33-3/h4-14,17,27H,15-16,18H2,1-3H3. The summed E-state index contributed by atoms with van der Waals surface area (Å²) in [5.74, 6) is -0.289. The number of nitrogens with one attached hydrogen (secondary N) is 1. The third-order valence-corrected chi connectivity index (χ3v) is 6.50. The molecule has 0 radical (unpaired) electrons. The van der Waals surface area contributed by atoms with E-state index in [9.17, 15) is 17.6 Å². The number of methoxy groups -OCH3 is 1. The second kappa shape index (κ2) is 11.1. The second-order valence-corrected chi connectivity index (χ2v) is 9.67. The summed E-state index contributed by atoms with van der Waals surface area (Å²) in [7, 11) is 1.29. The number of para-hydroxylation sites is 2. The summed E-state index contributed by atoms with van der Waals surface area (Å²) in [6.07, 6.45) is 0. The molecule has 7 nitrogen and oxygen atoms in total. The summed E-state index contributed by atoms with van der Waals surface area (Å²) in [6.45, 7) is 1.29. The van der Waals surface area contributed by atoms with Crippen LogP contribution in [0.2, 0.25) is 0 Å². The van der Waals surface area contributed by atoms with Gasteiger partial charge in [0.2, 0.25) is 0 Å². The molecule has 0 aliphatic carbocycles. The lowest BCUT2D eigenvalue weighted by Crippen LogP contribution is -2.36. The van der Waals surface area contributed by atoms with E-state index in [1.54, 1.807) is 47.4 Å². The smallest absolute Gasteiger partial charge is 0.262 e. The minimum Gasteiger partial charge on any atom is -0.495 e. The van der Waals surface area contributed by atoms with Gasteiger partial charge in [-0.3, -0.25) is 9.52 Å². The Kier molecular flexibility index (Phi) is 8.25. The Hall–Kier alpha value is -3.43. The number of rotatable bonds is 10. The number of likely N-dealkylation sites (N-methyl/N-ethyl adjacent to an activating group) is 1. The summed E-state index contributed by atoms with van der Waals surface area (Å²) in [6, 6.07) is 18.5. The van der Waals surface area contributed by atoms with Crippen LogP contribution in [0.4, 0.5) is 10.1 Å². The highest BCUT2D eigenvalue weighted by Gasteiger charge is 2.21. The van der Waals surface area contributed by atoms with Gasteiger partial charge >= 0.3 is 0 Å². The van der Waals surface area contributed by atoms with E-state index in [1.807, 2.05) is 19.0 Å². The van der Waals surface area contributed by atoms with Crippen LogP contribution < -0.4 is 9.46 Å². The number of sulfonamides is 1. The fraction of sp³-hybridized carbons (Fsp3) is 0.240. The molecule has 9 heteroatoms. The van der Waals surface area contributed by atoms with Crippen molar-refractivity contribution in [3.05, 3.63) is 89.7 Å². The van der Waals surface area contributed by atoms with Crippen molar-refractivity contribution in [2.75, 3.05) is 39.0 Å². The largest absolute Gasteiger partial charge is 0.495 e. The predicted molar refractivity (Wildman–Crippen MR) is 130 cm³/mol. The average Bonchev–Trinajstić information content (AvgIpc) is 2.82. The molecular weight excluding hydrogens is 457 g/mol. The Bertz CT molecular complexity index is 1230. The zero-order valence-electron chi connectivity index (χ0n) is 19.4. The highest BCUT2D eigenvalue weighted by atomic mass is 32.2. The number of ether oxygens (including phenoxy) is 1. The number of carbonyl (C=O) groups is 1. The number of hydrogen-bond donors (Lipinski definition) is 1. The number of nitrogens with zero attached hydrogens (tertiary/aromatic N) is 2. The van der Waals surface area contributed by atoms with Gasteiger partial charge in [-0.1, -0.05) is 30.3 Å². The van der Waals surface area contributed by atoms with Crippen LogP contribution in [0.3, 0.4) is 0 Å². The fourth-order valence-corrected chi connectivity index (χ4v) is 4.41. The molecule has 0 unspecified atom stereocenters. The molecule has 0 aliphatic heterocycles. The van der Waals surface area contributed by atoms with E-state index in [-0.39, 0.29) is 28.7 Å². The molecule has 0 fully saturated rings. The molecule has 180 valence electrons. The quantitative estimate of drug-likeness (QED) is 0.472. The summed E-state index contributed by atoms with van der Waals surface area (Å²) in [5, 5.41) is 0. The number of carbonyl (C=O) groups excluding carboxylic acids is 1. The van der Waals surface area contributed by atoms with E-state index in [2.05, 4.69) is 4.72 Å². The van der Waals surface area contributed by atoms with Crippen LogP contribution in [0, 0.1) is 5.82 Å². The van der Waals surface area contributed by atoms with Gasteiger partial charge in [0.15, 0.2) is 0 Å². The maximum atomic E-state index is 13.4. The van der Waals surface area contributed by atoms with Crippen molar-refractivity contribution in [3.8, 4) is 5.75 Å². The number of benzene rings is 3. The summed E-state index contributed by atoms with van der Waals surface area (Å²) < 4.78 is 47.1. The molecule has 0 aromatic heterocycles. The third-order valence-electron chi connectivity index (χ3n) is 5.13. The van der Waals surface area contributed by atoms with Crippen molar-refractivity contribution < 1.29 is 22.3 Å². The van der Waals surface area contributed by atoms with Crippen molar-refractivity contribution in [2.45, 2.75) is 11.4 Å². The Morgan fingerprint density at radius 1 is 0.971 bits per heavy atom. The van der Waals surface area contributed by atoms with E-state index in [0.717, 1.165) is 5.56 Å². The Labute approximate surface area is 199 Å². The summed E-state index contributed by atoms with van der Waals surface area (Å²) in [5.41, 5.74) is 1.31. The van der Waals surface area contributed by atoms with Crippen molar-refractivity contribution in [3.63, 3.8) is 0 Å². The van der Waals surface area contributed by atoms with Crippen LogP contribution in [0.5, 0.6) is 5.75 Å². The molecule has 34 heavy (non-hydrogen) atoms. The molecular formula is C25H28FN3O4S. The molecule has 0 atom stereocenters. The van der Waals surface area contributed by atoms with Crippen LogP contribution in [0.25, 0.3) is 0 Å². The van der Waals surface area contributed by atoms with Gasteiger partial charge < -0.3 is 14.5 Å². The maximum Gasteiger partial charge on any atom is 0.262 e. The first kappa shape index (κ1) is 25.2. The Balaban J connectivity index is 1.87. The molecule has 0 saturated heterocycles. The Morgan fingerprint density at radius 3 is 2.35 bits per heavy atom. The van der Waals surface area contributed by atoms with Gasteiger partial charge in [-0.25, -0.2) is 12.8 Å². The van der Waals surface area contributed by atoms with Crippen LogP contribution >= 0.6 is 0 Å². The van der Waals surface area contributed by atoms with Gasteiger partial charge in [0.05, 0.1) is 17.7 Å². The van der Waals surface area contributed by atoms with Crippen LogP contribution in [-0.4, -0.2) is 58.4 Å². The number of amides is 1. The molecule has 0 spiro atoms. The molecule has 0 aliphatic rings. The number of halogens is 1. The predicted octanol–water partition coefficient (Wildman–Crippen LogP) is 3.84. The van der Waals surface area contributed by atoms with Gasteiger partial charge in [-0.05, 0) is 62.1 Å². The highest BCUT2D eigenvalue weighted by molar-refractivity contribution is 7.92. The minimum absolute atomic E-state index is 0.0430. The van der Waals surface area contributed by atoms with E-state index >= 15 is 0 Å². The average molecular weight is 486 g/mol. The van der Waals surface area contributed by atoms with Crippen molar-refractivity contribution in [1.29, 1.82) is 0 Å². The van der Waals surface area contributed by atoms with E-state index in [0.29, 0.717) is 24.5 Å². The zero-order valence-corrected chi connectivity index (χ0v) is 20.2. The Morgan fingerprint density at radius 2 is 1.68 bits per heavy atom. The SMILES string of the molecule is COc1ccccc1NS(=O)(=O)c1cccc(C(=O)N(CCN(C)C)Cc2ccc(F)cc2)c1. The minimum atomic E-state index is -3.97. The van der Waals surface area contributed by atoms with Gasteiger partial charge in [0.25, 0.3) is 15.9 Å². The summed E-state index contributed by atoms with van der Waals surface area (Å²) >= 11 is 0. The lowest BCUT2D eigenvalue weighted by atomic mass is 10.1. The van der Waals surface area contributed by atoms with Crippen molar-refractivity contribution >= 4 is 21.6 Å². The van der Waals surface area contributed by atoms with Crippen LogP contribution in [0.1, 0.15) is 15.9 Å². The first-order valence-corrected chi connectivity index (χ1v) is 12.1. The monoisotopic (exact) mass is 485 g/mol. The molecule has 3 aromatic rings. The number of hydrogen-bond acceptors (Lipinski definition) is 5.